The van der Waals surface area contributed by atoms with Gasteiger partial charge in [-0.2, -0.15) is 0 Å². The molecule has 2 rings (SSSR count). The van der Waals surface area contributed by atoms with Gasteiger partial charge in [-0.3, -0.25) is 0 Å². The molecule has 0 saturated carbocycles. The van der Waals surface area contributed by atoms with Crippen molar-refractivity contribution in [1.29, 1.82) is 0 Å². The Labute approximate surface area is 104 Å². The number of anilines is 3. The summed E-state index contributed by atoms with van der Waals surface area (Å²) in [6.07, 6.45) is 1.67. The largest absolute Gasteiger partial charge is 0.495 e. The number of halogens is 1. The molecule has 1 aromatic carbocycles. The third kappa shape index (κ3) is 2.60. The topological polar surface area (TPSA) is 60.2 Å². The van der Waals surface area contributed by atoms with Crippen molar-refractivity contribution in [3.63, 3.8) is 0 Å². The van der Waals surface area contributed by atoms with Crippen LogP contribution in [0.5, 0.6) is 5.75 Å². The Bertz CT molecular complexity index is 531. The summed E-state index contributed by atoms with van der Waals surface area (Å²) in [6.45, 7) is 0. The molecule has 0 radical (unpaired) electrons. The summed E-state index contributed by atoms with van der Waals surface area (Å²) in [5.41, 5.74) is 7.17. The summed E-state index contributed by atoms with van der Waals surface area (Å²) in [5, 5.41) is 3.62. The molecule has 0 saturated heterocycles. The van der Waals surface area contributed by atoms with Gasteiger partial charge in [0.25, 0.3) is 0 Å². The van der Waals surface area contributed by atoms with Gasteiger partial charge < -0.3 is 15.8 Å². The van der Waals surface area contributed by atoms with Crippen molar-refractivity contribution >= 4 is 28.8 Å². The van der Waals surface area contributed by atoms with Gasteiger partial charge >= 0.3 is 0 Å². The van der Waals surface area contributed by atoms with Gasteiger partial charge in [0.15, 0.2) is 5.82 Å². The highest BCUT2D eigenvalue weighted by Gasteiger charge is 2.04. The van der Waals surface area contributed by atoms with Crippen molar-refractivity contribution in [2.75, 3.05) is 18.2 Å². The zero-order chi connectivity index (χ0) is 12.3. The predicted molar refractivity (Wildman–Crippen MR) is 69.9 cm³/mol. The lowest BCUT2D eigenvalue weighted by atomic mass is 10.3. The van der Waals surface area contributed by atoms with E-state index in [4.69, 9.17) is 22.1 Å². The Balaban J connectivity index is 2.25. The van der Waals surface area contributed by atoms with Crippen LogP contribution in [0.2, 0.25) is 5.02 Å². The average molecular weight is 250 g/mol. The second-order valence-corrected chi connectivity index (χ2v) is 3.82. The number of nitrogen functional groups attached to an aromatic ring is 1. The number of nitrogens with zero attached hydrogens (tertiary/aromatic N) is 1. The molecule has 0 bridgehead atoms. The van der Waals surface area contributed by atoms with Gasteiger partial charge in [-0.05, 0) is 30.3 Å². The number of nitrogens with one attached hydrogen (secondary N) is 1. The number of hydrogen-bond acceptors (Lipinski definition) is 4. The number of hydrogen-bond donors (Lipinski definition) is 2. The molecule has 0 fully saturated rings. The maximum Gasteiger partial charge on any atom is 0.153 e. The standard InChI is InChI=1S/C12H12ClN3O/c1-17-11-5-4-8(7-9(11)13)16-12-10(14)3-2-6-15-12/h2-7H,14H2,1H3,(H,15,16). The third-order valence-electron chi connectivity index (χ3n) is 2.25. The van der Waals surface area contributed by atoms with E-state index in [0.717, 1.165) is 5.69 Å². The molecule has 0 aliphatic rings. The fourth-order valence-corrected chi connectivity index (χ4v) is 1.66. The van der Waals surface area contributed by atoms with E-state index in [9.17, 15) is 0 Å². The van der Waals surface area contributed by atoms with E-state index in [-0.39, 0.29) is 0 Å². The molecular formula is C12H12ClN3O. The molecule has 1 heterocycles. The van der Waals surface area contributed by atoms with E-state index >= 15 is 0 Å². The first kappa shape index (κ1) is 11.5. The van der Waals surface area contributed by atoms with E-state index in [2.05, 4.69) is 10.3 Å². The summed E-state index contributed by atoms with van der Waals surface area (Å²) in [6, 6.07) is 8.94. The highest BCUT2D eigenvalue weighted by molar-refractivity contribution is 6.32. The Morgan fingerprint density at radius 2 is 2.18 bits per heavy atom. The minimum absolute atomic E-state index is 0.534. The first-order valence-corrected chi connectivity index (χ1v) is 5.39. The van der Waals surface area contributed by atoms with Crippen LogP contribution in [-0.2, 0) is 0 Å². The Morgan fingerprint density at radius 1 is 1.35 bits per heavy atom. The summed E-state index contributed by atoms with van der Waals surface area (Å²) < 4.78 is 5.07. The van der Waals surface area contributed by atoms with E-state index in [0.29, 0.717) is 22.3 Å². The van der Waals surface area contributed by atoms with Gasteiger partial charge in [0.05, 0.1) is 17.8 Å². The van der Waals surface area contributed by atoms with Gasteiger partial charge in [-0.15, -0.1) is 0 Å². The Hall–Kier alpha value is -1.94. The van der Waals surface area contributed by atoms with Crippen molar-refractivity contribution in [2.24, 2.45) is 0 Å². The van der Waals surface area contributed by atoms with Crippen LogP contribution >= 0.6 is 11.6 Å². The lowest BCUT2D eigenvalue weighted by Gasteiger charge is -2.09. The predicted octanol–water partition coefficient (Wildman–Crippen LogP) is 3.07. The van der Waals surface area contributed by atoms with Gasteiger partial charge in [0, 0.05) is 11.9 Å². The van der Waals surface area contributed by atoms with Crippen LogP contribution in [0, 0.1) is 0 Å². The molecule has 17 heavy (non-hydrogen) atoms. The lowest BCUT2D eigenvalue weighted by Crippen LogP contribution is -1.98. The maximum atomic E-state index is 6.02. The molecule has 0 aliphatic heterocycles. The summed E-state index contributed by atoms with van der Waals surface area (Å²) in [4.78, 5) is 4.14. The second-order valence-electron chi connectivity index (χ2n) is 3.42. The normalized spacial score (nSPS) is 10.0. The van der Waals surface area contributed by atoms with E-state index < -0.39 is 0 Å². The number of benzene rings is 1. The minimum atomic E-state index is 0.534. The molecule has 4 nitrogen and oxygen atoms in total. The first-order chi connectivity index (χ1) is 8.20. The monoisotopic (exact) mass is 249 g/mol. The third-order valence-corrected chi connectivity index (χ3v) is 2.55. The van der Waals surface area contributed by atoms with E-state index in [1.165, 1.54) is 0 Å². The zero-order valence-electron chi connectivity index (χ0n) is 9.27. The van der Waals surface area contributed by atoms with Gasteiger partial charge in [-0.1, -0.05) is 11.6 Å². The quantitative estimate of drug-likeness (QED) is 0.878. The summed E-state index contributed by atoms with van der Waals surface area (Å²) in [5.74, 6) is 1.24. The van der Waals surface area contributed by atoms with Crippen LogP contribution in [0.3, 0.4) is 0 Å². The van der Waals surface area contributed by atoms with Crippen LogP contribution in [0.15, 0.2) is 36.5 Å². The number of aromatic nitrogens is 1. The van der Waals surface area contributed by atoms with Crippen LogP contribution in [0.1, 0.15) is 0 Å². The van der Waals surface area contributed by atoms with Gasteiger partial charge in [0.2, 0.25) is 0 Å². The summed E-state index contributed by atoms with van der Waals surface area (Å²) in [7, 11) is 1.57. The molecular weight excluding hydrogens is 238 g/mol. The number of nitrogens with two attached hydrogens (primary N) is 1. The van der Waals surface area contributed by atoms with Crippen LogP contribution in [0.25, 0.3) is 0 Å². The van der Waals surface area contributed by atoms with E-state index in [1.54, 1.807) is 37.6 Å². The van der Waals surface area contributed by atoms with Crippen molar-refractivity contribution in [3.05, 3.63) is 41.6 Å². The molecule has 0 spiro atoms. The van der Waals surface area contributed by atoms with Crippen molar-refractivity contribution in [1.82, 2.24) is 4.98 Å². The van der Waals surface area contributed by atoms with Gasteiger partial charge in [0.1, 0.15) is 5.75 Å². The van der Waals surface area contributed by atoms with Crippen molar-refractivity contribution in [3.8, 4) is 5.75 Å². The molecule has 5 heteroatoms. The zero-order valence-corrected chi connectivity index (χ0v) is 10.0. The Kier molecular flexibility index (Phi) is 3.35. The van der Waals surface area contributed by atoms with Crippen molar-refractivity contribution < 1.29 is 4.74 Å². The molecule has 88 valence electrons. The van der Waals surface area contributed by atoms with E-state index in [1.807, 2.05) is 6.07 Å². The fourth-order valence-electron chi connectivity index (χ4n) is 1.40. The highest BCUT2D eigenvalue weighted by Crippen LogP contribution is 2.29. The second kappa shape index (κ2) is 4.93. The molecule has 3 N–H and O–H groups in total. The fraction of sp³-hybridized carbons (Fsp3) is 0.0833. The minimum Gasteiger partial charge on any atom is -0.495 e. The molecule has 0 amide bonds. The molecule has 0 aliphatic carbocycles. The maximum absolute atomic E-state index is 6.02. The Morgan fingerprint density at radius 3 is 2.82 bits per heavy atom. The highest BCUT2D eigenvalue weighted by atomic mass is 35.5. The number of rotatable bonds is 3. The molecule has 1 aromatic heterocycles. The first-order valence-electron chi connectivity index (χ1n) is 5.02. The molecule has 0 atom stereocenters. The van der Waals surface area contributed by atoms with Crippen LogP contribution in [0.4, 0.5) is 17.2 Å². The smallest absolute Gasteiger partial charge is 0.153 e. The summed E-state index contributed by atoms with van der Waals surface area (Å²) >= 11 is 6.02. The average Bonchev–Trinajstić information content (AvgIpc) is 2.32. The van der Waals surface area contributed by atoms with Crippen LogP contribution < -0.4 is 15.8 Å². The molecule has 0 unspecified atom stereocenters. The number of pyridine rings is 1. The number of methoxy groups -OCH3 is 1. The van der Waals surface area contributed by atoms with Crippen LogP contribution in [-0.4, -0.2) is 12.1 Å². The SMILES string of the molecule is COc1ccc(Nc2ncccc2N)cc1Cl. The lowest BCUT2D eigenvalue weighted by molar-refractivity contribution is 0.415. The van der Waals surface area contributed by atoms with Crippen molar-refractivity contribution in [2.45, 2.75) is 0 Å². The molecule has 2 aromatic rings. The number of ether oxygens (including phenoxy) is 1. The van der Waals surface area contributed by atoms with Gasteiger partial charge in [-0.25, -0.2) is 4.98 Å².